The maximum atomic E-state index is 13.0. The molecular formula is C27H34N4O2S. The Bertz CT molecular complexity index is 1220. The molecule has 0 radical (unpaired) electrons. The van der Waals surface area contributed by atoms with Gasteiger partial charge >= 0.3 is 0 Å². The summed E-state index contributed by atoms with van der Waals surface area (Å²) in [5.74, 6) is 0. The number of benzene rings is 2. The average molecular weight is 479 g/mol. The van der Waals surface area contributed by atoms with Crippen LogP contribution in [0.1, 0.15) is 29.2 Å². The van der Waals surface area contributed by atoms with Crippen LogP contribution >= 0.6 is 12.2 Å². The van der Waals surface area contributed by atoms with Crippen molar-refractivity contribution in [3.8, 4) is 0 Å². The third kappa shape index (κ3) is 5.66. The van der Waals surface area contributed by atoms with Gasteiger partial charge in [0.05, 0.1) is 25.3 Å². The number of rotatable bonds is 7. The minimum absolute atomic E-state index is 0.0608. The highest BCUT2D eigenvalue weighted by molar-refractivity contribution is 7.80. The number of aryl methyl sites for hydroxylation is 3. The van der Waals surface area contributed by atoms with Crippen LogP contribution < -0.4 is 10.9 Å². The first-order valence-electron chi connectivity index (χ1n) is 12.0. The van der Waals surface area contributed by atoms with Crippen LogP contribution in [-0.4, -0.2) is 59.3 Å². The van der Waals surface area contributed by atoms with E-state index in [2.05, 4.69) is 52.1 Å². The van der Waals surface area contributed by atoms with E-state index in [1.165, 1.54) is 5.56 Å². The molecule has 0 saturated carbocycles. The minimum atomic E-state index is -0.0608. The number of ether oxygens (including phenoxy) is 1. The summed E-state index contributed by atoms with van der Waals surface area (Å²) in [4.78, 5) is 20.7. The van der Waals surface area contributed by atoms with E-state index in [0.717, 1.165) is 79.1 Å². The lowest BCUT2D eigenvalue weighted by molar-refractivity contribution is 0.0358. The van der Waals surface area contributed by atoms with Crippen LogP contribution in [0.15, 0.2) is 47.3 Å². The highest BCUT2D eigenvalue weighted by Crippen LogP contribution is 2.21. The zero-order chi connectivity index (χ0) is 24.1. The summed E-state index contributed by atoms with van der Waals surface area (Å²) in [7, 11) is 0. The van der Waals surface area contributed by atoms with Crippen LogP contribution in [0.5, 0.6) is 0 Å². The Morgan fingerprint density at radius 1 is 1.12 bits per heavy atom. The molecule has 0 bridgehead atoms. The third-order valence-electron chi connectivity index (χ3n) is 6.60. The molecule has 1 aliphatic rings. The molecule has 0 spiro atoms. The van der Waals surface area contributed by atoms with Crippen molar-refractivity contribution in [2.45, 2.75) is 33.7 Å². The number of pyridine rings is 1. The van der Waals surface area contributed by atoms with E-state index in [1.54, 1.807) is 0 Å². The number of aromatic nitrogens is 1. The topological polar surface area (TPSA) is 60.6 Å². The van der Waals surface area contributed by atoms with E-state index < -0.39 is 0 Å². The fraction of sp³-hybridized carbons (Fsp3) is 0.407. The standard InChI is InChI=1S/C27H34N4O2S/c1-4-21-7-5-6-8-24(21)28-27(34)31(12-11-30-13-15-33-16-14-30)18-22-17-23-19(2)9-10-20(3)25(23)29-26(22)32/h5-10,17H,4,11-16,18H2,1-3H3,(H,28,34)(H,29,32). The Labute approximate surface area is 206 Å². The van der Waals surface area contributed by atoms with Crippen molar-refractivity contribution < 1.29 is 4.74 Å². The summed E-state index contributed by atoms with van der Waals surface area (Å²) in [6.07, 6.45) is 0.919. The molecule has 4 rings (SSSR count). The number of anilines is 1. The molecule has 0 amide bonds. The molecule has 6 nitrogen and oxygen atoms in total. The van der Waals surface area contributed by atoms with E-state index in [-0.39, 0.29) is 5.56 Å². The molecular weight excluding hydrogens is 444 g/mol. The molecule has 180 valence electrons. The highest BCUT2D eigenvalue weighted by atomic mass is 32.1. The van der Waals surface area contributed by atoms with Gasteiger partial charge in [-0.25, -0.2) is 0 Å². The largest absolute Gasteiger partial charge is 0.379 e. The first-order chi connectivity index (χ1) is 16.5. The van der Waals surface area contributed by atoms with Crippen LogP contribution in [-0.2, 0) is 17.7 Å². The third-order valence-corrected chi connectivity index (χ3v) is 6.96. The van der Waals surface area contributed by atoms with Crippen LogP contribution in [0.25, 0.3) is 10.9 Å². The second-order valence-corrected chi connectivity index (χ2v) is 9.31. The number of H-pyrrole nitrogens is 1. The zero-order valence-electron chi connectivity index (χ0n) is 20.3. The predicted molar refractivity (Wildman–Crippen MR) is 144 cm³/mol. The van der Waals surface area contributed by atoms with Crippen LogP contribution in [0.3, 0.4) is 0 Å². The van der Waals surface area contributed by atoms with Crippen molar-refractivity contribution in [3.63, 3.8) is 0 Å². The number of aromatic amines is 1. The quantitative estimate of drug-likeness (QED) is 0.496. The van der Waals surface area contributed by atoms with E-state index >= 15 is 0 Å². The first-order valence-corrected chi connectivity index (χ1v) is 12.4. The Hall–Kier alpha value is -2.74. The van der Waals surface area contributed by atoms with E-state index in [1.807, 2.05) is 31.2 Å². The van der Waals surface area contributed by atoms with Gasteiger partial charge in [-0.15, -0.1) is 0 Å². The van der Waals surface area contributed by atoms with Gasteiger partial charge in [0.1, 0.15) is 0 Å². The fourth-order valence-electron chi connectivity index (χ4n) is 4.43. The Kier molecular flexibility index (Phi) is 7.98. The number of morpholine rings is 1. The molecule has 2 heterocycles. The van der Waals surface area contributed by atoms with Crippen molar-refractivity contribution in [2.75, 3.05) is 44.7 Å². The number of hydrogen-bond acceptors (Lipinski definition) is 4. The van der Waals surface area contributed by atoms with Crippen LogP contribution in [0.2, 0.25) is 0 Å². The molecule has 3 aromatic rings. The second-order valence-electron chi connectivity index (χ2n) is 8.93. The average Bonchev–Trinajstić information content (AvgIpc) is 2.85. The summed E-state index contributed by atoms with van der Waals surface area (Å²) < 4.78 is 5.49. The van der Waals surface area contributed by atoms with Crippen molar-refractivity contribution in [1.82, 2.24) is 14.8 Å². The normalized spacial score (nSPS) is 14.3. The lowest BCUT2D eigenvalue weighted by atomic mass is 10.0. The molecule has 2 aromatic carbocycles. The Morgan fingerprint density at radius 3 is 2.62 bits per heavy atom. The minimum Gasteiger partial charge on any atom is -0.379 e. The molecule has 1 fully saturated rings. The maximum absolute atomic E-state index is 13.0. The van der Waals surface area contributed by atoms with Gasteiger partial charge < -0.3 is 19.9 Å². The molecule has 1 aliphatic heterocycles. The maximum Gasteiger partial charge on any atom is 0.253 e. The van der Waals surface area contributed by atoms with Gasteiger partial charge in [-0.3, -0.25) is 9.69 Å². The van der Waals surface area contributed by atoms with E-state index in [0.29, 0.717) is 11.7 Å². The summed E-state index contributed by atoms with van der Waals surface area (Å²) in [6.45, 7) is 11.6. The fourth-order valence-corrected chi connectivity index (χ4v) is 4.69. The van der Waals surface area contributed by atoms with Crippen LogP contribution in [0, 0.1) is 13.8 Å². The number of nitrogens with one attached hydrogen (secondary N) is 2. The van der Waals surface area contributed by atoms with Gasteiger partial charge in [0.2, 0.25) is 0 Å². The van der Waals surface area contributed by atoms with Gasteiger partial charge in [-0.2, -0.15) is 0 Å². The van der Waals surface area contributed by atoms with Crippen molar-refractivity contribution >= 4 is 33.9 Å². The molecule has 34 heavy (non-hydrogen) atoms. The van der Waals surface area contributed by atoms with E-state index in [9.17, 15) is 4.79 Å². The van der Waals surface area contributed by atoms with Gasteiger partial charge in [0, 0.05) is 42.8 Å². The van der Waals surface area contributed by atoms with Crippen molar-refractivity contribution in [3.05, 3.63) is 75.1 Å². The van der Waals surface area contributed by atoms with Crippen LogP contribution in [0.4, 0.5) is 5.69 Å². The molecule has 7 heteroatoms. The summed E-state index contributed by atoms with van der Waals surface area (Å²) in [5, 5.41) is 5.16. The van der Waals surface area contributed by atoms with Crippen molar-refractivity contribution in [2.24, 2.45) is 0 Å². The van der Waals surface area contributed by atoms with E-state index in [4.69, 9.17) is 17.0 Å². The van der Waals surface area contributed by atoms with Gasteiger partial charge in [-0.05, 0) is 61.3 Å². The summed E-state index contributed by atoms with van der Waals surface area (Å²) >= 11 is 5.88. The highest BCUT2D eigenvalue weighted by Gasteiger charge is 2.18. The number of hydrogen-bond donors (Lipinski definition) is 2. The number of nitrogens with zero attached hydrogens (tertiary/aromatic N) is 2. The van der Waals surface area contributed by atoms with Gasteiger partial charge in [0.25, 0.3) is 5.56 Å². The number of para-hydroxylation sites is 1. The molecule has 0 aliphatic carbocycles. The number of fused-ring (bicyclic) bond motifs is 1. The van der Waals surface area contributed by atoms with Gasteiger partial charge in [0.15, 0.2) is 5.11 Å². The molecule has 1 saturated heterocycles. The lowest BCUT2D eigenvalue weighted by Crippen LogP contribution is -2.44. The summed E-state index contributed by atoms with van der Waals surface area (Å²) in [5.41, 5.74) is 6.02. The Balaban J connectivity index is 1.60. The molecule has 1 aromatic heterocycles. The molecule has 0 atom stereocenters. The monoisotopic (exact) mass is 478 g/mol. The zero-order valence-corrected chi connectivity index (χ0v) is 21.1. The van der Waals surface area contributed by atoms with Gasteiger partial charge in [-0.1, -0.05) is 37.3 Å². The second kappa shape index (κ2) is 11.1. The predicted octanol–water partition coefficient (Wildman–Crippen LogP) is 4.24. The Morgan fingerprint density at radius 2 is 1.85 bits per heavy atom. The van der Waals surface area contributed by atoms with Crippen molar-refractivity contribution in [1.29, 1.82) is 0 Å². The lowest BCUT2D eigenvalue weighted by Gasteiger charge is -2.31. The SMILES string of the molecule is CCc1ccccc1NC(=S)N(CCN1CCOCC1)Cc1cc2c(C)ccc(C)c2[nH]c1=O. The number of thiocarbonyl (C=S) groups is 1. The molecule has 2 N–H and O–H groups in total. The smallest absolute Gasteiger partial charge is 0.253 e. The summed E-state index contributed by atoms with van der Waals surface area (Å²) in [6, 6.07) is 14.4. The first kappa shape index (κ1) is 24.4. The molecule has 0 unspecified atom stereocenters.